The third-order valence-electron chi connectivity index (χ3n) is 2.03. The number of rotatable bonds is 2. The van der Waals surface area contributed by atoms with Gasteiger partial charge in [0.25, 0.3) is 0 Å². The summed E-state index contributed by atoms with van der Waals surface area (Å²) in [5.41, 5.74) is 6.50. The molecule has 1 aromatic carbocycles. The molecule has 1 unspecified atom stereocenters. The quantitative estimate of drug-likeness (QED) is 0.622. The minimum absolute atomic E-state index is 0.00142. The molecule has 82 valence electrons. The van der Waals surface area contributed by atoms with Gasteiger partial charge >= 0.3 is 0 Å². The molecule has 0 amide bonds. The van der Waals surface area contributed by atoms with Gasteiger partial charge in [-0.25, -0.2) is 0 Å². The van der Waals surface area contributed by atoms with E-state index in [2.05, 4.69) is 10.3 Å². The van der Waals surface area contributed by atoms with Crippen molar-refractivity contribution >= 4 is 29.2 Å². The summed E-state index contributed by atoms with van der Waals surface area (Å²) in [7, 11) is 1.62. The zero-order valence-electron chi connectivity index (χ0n) is 8.59. The predicted octanol–water partition coefficient (Wildman–Crippen LogP) is 2.59. The zero-order valence-corrected chi connectivity index (χ0v) is 10.1. The van der Waals surface area contributed by atoms with Gasteiger partial charge < -0.3 is 11.1 Å². The summed E-state index contributed by atoms with van der Waals surface area (Å²) in [6.07, 6.45) is 0. The molecule has 0 spiro atoms. The number of hydrogen-bond donors (Lipinski definition) is 2. The van der Waals surface area contributed by atoms with E-state index in [1.807, 2.05) is 13.0 Å². The summed E-state index contributed by atoms with van der Waals surface area (Å²) in [5.74, 6) is 0.383. The van der Waals surface area contributed by atoms with Crippen LogP contribution < -0.4 is 11.1 Å². The van der Waals surface area contributed by atoms with Gasteiger partial charge in [-0.3, -0.25) is 4.99 Å². The van der Waals surface area contributed by atoms with E-state index in [0.717, 1.165) is 5.56 Å². The van der Waals surface area contributed by atoms with Crippen LogP contribution in [0.4, 0.5) is 0 Å². The van der Waals surface area contributed by atoms with E-state index in [1.165, 1.54) is 0 Å². The fourth-order valence-electron chi connectivity index (χ4n) is 1.22. The second-order valence-electron chi connectivity index (χ2n) is 3.14. The van der Waals surface area contributed by atoms with E-state index in [1.54, 1.807) is 19.2 Å². The van der Waals surface area contributed by atoms with Crippen molar-refractivity contribution in [1.29, 1.82) is 0 Å². The monoisotopic (exact) mass is 245 g/mol. The van der Waals surface area contributed by atoms with E-state index in [-0.39, 0.29) is 6.04 Å². The molecule has 0 aliphatic rings. The molecule has 1 rings (SSSR count). The fraction of sp³-hybridized carbons (Fsp3) is 0.300. The third-order valence-corrected chi connectivity index (χ3v) is 2.60. The SMILES string of the molecule is CN=C(N)NC(C)c1ccc(Cl)cc1Cl. The Bertz CT molecular complexity index is 377. The predicted molar refractivity (Wildman–Crippen MR) is 65.6 cm³/mol. The fourth-order valence-corrected chi connectivity index (χ4v) is 1.79. The first-order valence-electron chi connectivity index (χ1n) is 4.48. The van der Waals surface area contributed by atoms with Gasteiger partial charge in [-0.2, -0.15) is 0 Å². The molecule has 0 radical (unpaired) electrons. The zero-order chi connectivity index (χ0) is 11.4. The Labute approximate surface area is 99.3 Å². The molecule has 0 aliphatic carbocycles. The van der Waals surface area contributed by atoms with Crippen LogP contribution in [0, 0.1) is 0 Å². The van der Waals surface area contributed by atoms with Crippen LogP contribution in [0.3, 0.4) is 0 Å². The summed E-state index contributed by atoms with van der Waals surface area (Å²) < 4.78 is 0. The molecule has 3 nitrogen and oxygen atoms in total. The summed E-state index contributed by atoms with van der Waals surface area (Å²) >= 11 is 11.8. The molecule has 0 bridgehead atoms. The molecule has 5 heteroatoms. The average molecular weight is 246 g/mol. The first kappa shape index (κ1) is 12.1. The van der Waals surface area contributed by atoms with Gasteiger partial charge in [-0.15, -0.1) is 0 Å². The van der Waals surface area contributed by atoms with Crippen LogP contribution in [-0.2, 0) is 0 Å². The average Bonchev–Trinajstić information content (AvgIpc) is 2.17. The van der Waals surface area contributed by atoms with Crippen molar-refractivity contribution in [2.24, 2.45) is 10.7 Å². The van der Waals surface area contributed by atoms with Crippen molar-refractivity contribution < 1.29 is 0 Å². The van der Waals surface area contributed by atoms with Crippen LogP contribution in [0.2, 0.25) is 10.0 Å². The minimum Gasteiger partial charge on any atom is -0.370 e. The summed E-state index contributed by atoms with van der Waals surface area (Å²) in [6, 6.07) is 5.36. The molecule has 15 heavy (non-hydrogen) atoms. The van der Waals surface area contributed by atoms with Gasteiger partial charge in [0.1, 0.15) is 0 Å². The Morgan fingerprint density at radius 3 is 2.67 bits per heavy atom. The number of nitrogens with one attached hydrogen (secondary N) is 1. The van der Waals surface area contributed by atoms with Crippen LogP contribution in [0.15, 0.2) is 23.2 Å². The van der Waals surface area contributed by atoms with Crippen molar-refractivity contribution in [3.63, 3.8) is 0 Å². The maximum absolute atomic E-state index is 6.05. The Kier molecular flexibility index (Phi) is 4.24. The van der Waals surface area contributed by atoms with Gasteiger partial charge in [0.05, 0.1) is 6.04 Å². The number of guanidine groups is 1. The van der Waals surface area contributed by atoms with Gasteiger partial charge in [0.2, 0.25) is 0 Å². The second kappa shape index (κ2) is 5.24. The molecule has 3 N–H and O–H groups in total. The second-order valence-corrected chi connectivity index (χ2v) is 3.98. The maximum Gasteiger partial charge on any atom is 0.188 e. The van der Waals surface area contributed by atoms with E-state index in [0.29, 0.717) is 16.0 Å². The molecule has 0 heterocycles. The lowest BCUT2D eigenvalue weighted by Gasteiger charge is -2.16. The Morgan fingerprint density at radius 1 is 1.47 bits per heavy atom. The van der Waals surface area contributed by atoms with Crippen LogP contribution in [0.5, 0.6) is 0 Å². The molecule has 0 fully saturated rings. The van der Waals surface area contributed by atoms with Gasteiger partial charge in [-0.05, 0) is 24.6 Å². The topological polar surface area (TPSA) is 50.4 Å². The number of nitrogens with zero attached hydrogens (tertiary/aromatic N) is 1. The molecule has 0 saturated carbocycles. The Morgan fingerprint density at radius 2 is 2.13 bits per heavy atom. The highest BCUT2D eigenvalue weighted by Crippen LogP contribution is 2.25. The van der Waals surface area contributed by atoms with E-state index >= 15 is 0 Å². The summed E-state index contributed by atoms with van der Waals surface area (Å²) in [5, 5.41) is 4.24. The molecule has 0 saturated heterocycles. The number of aliphatic imine (C=N–C) groups is 1. The molecular weight excluding hydrogens is 233 g/mol. The van der Waals surface area contributed by atoms with Gasteiger partial charge in [0, 0.05) is 17.1 Å². The van der Waals surface area contributed by atoms with Gasteiger partial charge in [0.15, 0.2) is 5.96 Å². The highest BCUT2D eigenvalue weighted by Gasteiger charge is 2.09. The van der Waals surface area contributed by atoms with Crippen LogP contribution >= 0.6 is 23.2 Å². The highest BCUT2D eigenvalue weighted by atomic mass is 35.5. The maximum atomic E-state index is 6.05. The normalized spacial score (nSPS) is 13.7. The van der Waals surface area contributed by atoms with E-state index < -0.39 is 0 Å². The van der Waals surface area contributed by atoms with E-state index in [9.17, 15) is 0 Å². The Balaban J connectivity index is 2.87. The smallest absolute Gasteiger partial charge is 0.188 e. The molecule has 1 atom stereocenters. The van der Waals surface area contributed by atoms with E-state index in [4.69, 9.17) is 28.9 Å². The van der Waals surface area contributed by atoms with Crippen molar-refractivity contribution in [3.05, 3.63) is 33.8 Å². The Hall–Kier alpha value is -0.930. The number of benzene rings is 1. The third kappa shape index (κ3) is 3.29. The van der Waals surface area contributed by atoms with Crippen LogP contribution in [-0.4, -0.2) is 13.0 Å². The standard InChI is InChI=1S/C10H13Cl2N3/c1-6(15-10(13)14-2)8-4-3-7(11)5-9(8)12/h3-6H,1-2H3,(H3,13,14,15). The number of hydrogen-bond acceptors (Lipinski definition) is 1. The number of nitrogens with two attached hydrogens (primary N) is 1. The first-order valence-corrected chi connectivity index (χ1v) is 5.24. The molecular formula is C10H13Cl2N3. The van der Waals surface area contributed by atoms with Crippen LogP contribution in [0.25, 0.3) is 0 Å². The largest absolute Gasteiger partial charge is 0.370 e. The van der Waals surface area contributed by atoms with Crippen molar-refractivity contribution in [2.75, 3.05) is 7.05 Å². The van der Waals surface area contributed by atoms with Crippen LogP contribution in [0.1, 0.15) is 18.5 Å². The first-order chi connectivity index (χ1) is 7.04. The lowest BCUT2D eigenvalue weighted by Crippen LogP contribution is -2.33. The van der Waals surface area contributed by atoms with Crippen molar-refractivity contribution in [3.8, 4) is 0 Å². The minimum atomic E-state index is -0.00142. The highest BCUT2D eigenvalue weighted by molar-refractivity contribution is 6.35. The molecule has 0 aliphatic heterocycles. The van der Waals surface area contributed by atoms with Gasteiger partial charge in [-0.1, -0.05) is 29.3 Å². The van der Waals surface area contributed by atoms with Crippen molar-refractivity contribution in [2.45, 2.75) is 13.0 Å². The molecule has 0 aromatic heterocycles. The summed E-state index contributed by atoms with van der Waals surface area (Å²) in [4.78, 5) is 3.82. The van der Waals surface area contributed by atoms with Crippen molar-refractivity contribution in [1.82, 2.24) is 5.32 Å². The lowest BCUT2D eigenvalue weighted by molar-refractivity contribution is 0.711. The summed E-state index contributed by atoms with van der Waals surface area (Å²) in [6.45, 7) is 1.95. The molecule has 1 aromatic rings. The number of halogens is 2. The lowest BCUT2D eigenvalue weighted by atomic mass is 10.1.